The number of aromatic nitrogens is 3. The molecule has 0 fully saturated rings. The minimum atomic E-state index is -0.372. The highest BCUT2D eigenvalue weighted by Gasteiger charge is 2.30. The quantitative estimate of drug-likeness (QED) is 0.418. The molecular weight excluding hydrogens is 448 g/mol. The molecule has 1 aromatic carbocycles. The van der Waals surface area contributed by atoms with Crippen LogP contribution >= 0.6 is 0 Å². The molecule has 0 radical (unpaired) electrons. The van der Waals surface area contributed by atoms with Gasteiger partial charge in [-0.25, -0.2) is 4.68 Å². The maximum atomic E-state index is 13.1. The van der Waals surface area contributed by atoms with E-state index < -0.39 is 0 Å². The lowest BCUT2D eigenvalue weighted by molar-refractivity contribution is -0.140. The van der Waals surface area contributed by atoms with Gasteiger partial charge in [-0.1, -0.05) is 51.1 Å². The summed E-state index contributed by atoms with van der Waals surface area (Å²) in [5.74, 6) is 0.215. The number of allylic oxidation sites excluding steroid dienone is 1. The third-order valence-corrected chi connectivity index (χ3v) is 7.01. The van der Waals surface area contributed by atoms with Crippen LogP contribution in [0.4, 0.5) is 0 Å². The van der Waals surface area contributed by atoms with Crippen LogP contribution in [-0.2, 0) is 11.2 Å². The Morgan fingerprint density at radius 2 is 1.83 bits per heavy atom. The van der Waals surface area contributed by atoms with Crippen LogP contribution in [0.15, 0.2) is 54.9 Å². The summed E-state index contributed by atoms with van der Waals surface area (Å²) in [6.45, 7) is 9.87. The number of Topliss-reactive ketones (excluding diaryl/α,β-unsaturated/α-hetero) is 1. The lowest BCUT2D eigenvalue weighted by atomic mass is 9.88. The number of rotatable bonds is 6. The number of aryl methyl sites for hydroxylation is 1. The standard InChI is InChI=1S/C30H36N4O2/c1-20-16-22(17-27(35)26-19-32-34(21(26)2)25-10-8-7-9-11-25)18-31-28(20)23-12-14-24(15-13-23)33(6)29(36)30(3,4)5/h7-12,16,18-19,24H,13-15,17H2,1-6H3. The van der Waals surface area contributed by atoms with E-state index in [0.29, 0.717) is 5.56 Å². The summed E-state index contributed by atoms with van der Waals surface area (Å²) in [4.78, 5) is 32.4. The highest BCUT2D eigenvalue weighted by Crippen LogP contribution is 2.31. The number of carbonyl (C=O) groups excluding carboxylic acids is 2. The van der Waals surface area contributed by atoms with Crippen molar-refractivity contribution >= 4 is 17.3 Å². The minimum absolute atomic E-state index is 0.0370. The summed E-state index contributed by atoms with van der Waals surface area (Å²) >= 11 is 0. The van der Waals surface area contributed by atoms with Crippen LogP contribution in [0.2, 0.25) is 0 Å². The first-order valence-electron chi connectivity index (χ1n) is 12.6. The van der Waals surface area contributed by atoms with Crippen LogP contribution in [0.3, 0.4) is 0 Å². The first-order chi connectivity index (χ1) is 17.1. The SMILES string of the molecule is Cc1cc(CC(=O)c2cnn(-c3ccccc3)c2C)cnc1C1=CCC(N(C)C(=O)C(C)(C)C)CC1. The fourth-order valence-electron chi connectivity index (χ4n) is 4.94. The second-order valence-corrected chi connectivity index (χ2v) is 10.8. The number of carbonyl (C=O) groups is 2. The van der Waals surface area contributed by atoms with Gasteiger partial charge in [-0.2, -0.15) is 5.10 Å². The van der Waals surface area contributed by atoms with E-state index in [2.05, 4.69) is 24.2 Å². The van der Waals surface area contributed by atoms with E-state index in [1.54, 1.807) is 10.9 Å². The van der Waals surface area contributed by atoms with Gasteiger partial charge in [-0.05, 0) is 61.9 Å². The van der Waals surface area contributed by atoms with E-state index in [1.165, 1.54) is 5.57 Å². The zero-order valence-electron chi connectivity index (χ0n) is 22.2. The van der Waals surface area contributed by atoms with Crippen molar-refractivity contribution in [2.45, 2.75) is 66.3 Å². The fourth-order valence-corrected chi connectivity index (χ4v) is 4.94. The Morgan fingerprint density at radius 1 is 1.11 bits per heavy atom. The van der Waals surface area contributed by atoms with Crippen molar-refractivity contribution < 1.29 is 9.59 Å². The molecule has 1 aliphatic carbocycles. The molecule has 0 bridgehead atoms. The largest absolute Gasteiger partial charge is 0.342 e. The normalized spacial score (nSPS) is 15.9. The van der Waals surface area contributed by atoms with Crippen LogP contribution in [0.1, 0.15) is 72.9 Å². The summed E-state index contributed by atoms with van der Waals surface area (Å²) in [6.07, 6.45) is 8.63. The molecule has 1 aliphatic rings. The molecule has 0 saturated heterocycles. The molecule has 4 rings (SSSR count). The second-order valence-electron chi connectivity index (χ2n) is 10.8. The molecule has 0 aliphatic heterocycles. The smallest absolute Gasteiger partial charge is 0.227 e. The van der Waals surface area contributed by atoms with Crippen molar-refractivity contribution in [3.8, 4) is 5.69 Å². The molecule has 1 unspecified atom stereocenters. The lowest BCUT2D eigenvalue weighted by Crippen LogP contribution is -2.43. The Kier molecular flexibility index (Phi) is 7.25. The Morgan fingerprint density at radius 3 is 2.44 bits per heavy atom. The van der Waals surface area contributed by atoms with Gasteiger partial charge in [0.05, 0.1) is 28.8 Å². The third-order valence-electron chi connectivity index (χ3n) is 7.01. The van der Waals surface area contributed by atoms with Gasteiger partial charge in [0.25, 0.3) is 0 Å². The second kappa shape index (κ2) is 10.2. The van der Waals surface area contributed by atoms with E-state index in [0.717, 1.165) is 47.5 Å². The van der Waals surface area contributed by atoms with Crippen LogP contribution in [0.5, 0.6) is 0 Å². The van der Waals surface area contributed by atoms with E-state index in [9.17, 15) is 9.59 Å². The average molecular weight is 485 g/mol. The van der Waals surface area contributed by atoms with Crippen molar-refractivity contribution in [1.82, 2.24) is 19.7 Å². The maximum Gasteiger partial charge on any atom is 0.227 e. The number of para-hydroxylation sites is 1. The first kappa shape index (κ1) is 25.5. The Balaban J connectivity index is 1.44. The molecule has 0 saturated carbocycles. The molecule has 0 N–H and O–H groups in total. The van der Waals surface area contributed by atoms with Gasteiger partial charge in [0.1, 0.15) is 0 Å². The molecule has 6 heteroatoms. The van der Waals surface area contributed by atoms with Gasteiger partial charge in [-0.15, -0.1) is 0 Å². The predicted molar refractivity (Wildman–Crippen MR) is 143 cm³/mol. The molecule has 0 spiro atoms. The van der Waals surface area contributed by atoms with Gasteiger partial charge in [0, 0.05) is 31.1 Å². The summed E-state index contributed by atoms with van der Waals surface area (Å²) in [5, 5.41) is 4.43. The molecule has 188 valence electrons. The third kappa shape index (κ3) is 5.32. The summed E-state index contributed by atoms with van der Waals surface area (Å²) in [5.41, 5.74) is 6.22. The molecule has 1 amide bonds. The number of hydrogen-bond donors (Lipinski definition) is 0. The van der Waals surface area contributed by atoms with E-state index in [4.69, 9.17) is 4.98 Å². The van der Waals surface area contributed by atoms with Gasteiger partial charge in [0.15, 0.2) is 5.78 Å². The van der Waals surface area contributed by atoms with Crippen molar-refractivity contribution in [3.63, 3.8) is 0 Å². The van der Waals surface area contributed by atoms with E-state index in [-0.39, 0.29) is 29.6 Å². The van der Waals surface area contributed by atoms with Crippen molar-refractivity contribution in [1.29, 1.82) is 0 Å². The molecule has 2 heterocycles. The molecule has 2 aromatic heterocycles. The zero-order valence-corrected chi connectivity index (χ0v) is 22.2. The van der Waals surface area contributed by atoms with Crippen LogP contribution < -0.4 is 0 Å². The van der Waals surface area contributed by atoms with Crippen LogP contribution in [-0.4, -0.2) is 44.4 Å². The topological polar surface area (TPSA) is 68.1 Å². The van der Waals surface area contributed by atoms with Crippen LogP contribution in [0.25, 0.3) is 11.3 Å². The number of hydrogen-bond acceptors (Lipinski definition) is 4. The zero-order chi connectivity index (χ0) is 26.0. The summed E-state index contributed by atoms with van der Waals surface area (Å²) in [6, 6.07) is 12.1. The fraction of sp³-hybridized carbons (Fsp3) is 0.400. The molecule has 6 nitrogen and oxygen atoms in total. The number of amides is 1. The van der Waals surface area contributed by atoms with Gasteiger partial charge in [-0.3, -0.25) is 14.6 Å². The maximum absolute atomic E-state index is 13.1. The van der Waals surface area contributed by atoms with Crippen molar-refractivity contribution in [3.05, 3.63) is 82.9 Å². The molecular formula is C30H36N4O2. The highest BCUT2D eigenvalue weighted by molar-refractivity contribution is 5.98. The Hall–Kier alpha value is -3.54. The van der Waals surface area contributed by atoms with Crippen molar-refractivity contribution in [2.75, 3.05) is 7.05 Å². The van der Waals surface area contributed by atoms with Gasteiger partial charge < -0.3 is 4.90 Å². The lowest BCUT2D eigenvalue weighted by Gasteiger charge is -2.35. The highest BCUT2D eigenvalue weighted by atomic mass is 16.2. The van der Waals surface area contributed by atoms with Crippen LogP contribution in [0, 0.1) is 19.3 Å². The summed E-state index contributed by atoms with van der Waals surface area (Å²) < 4.78 is 1.80. The van der Waals surface area contributed by atoms with Crippen molar-refractivity contribution in [2.24, 2.45) is 5.41 Å². The van der Waals surface area contributed by atoms with E-state index >= 15 is 0 Å². The van der Waals surface area contributed by atoms with Gasteiger partial charge in [0.2, 0.25) is 5.91 Å². The number of benzene rings is 1. The minimum Gasteiger partial charge on any atom is -0.342 e. The molecule has 3 aromatic rings. The van der Waals surface area contributed by atoms with E-state index in [1.807, 2.05) is 76.2 Å². The van der Waals surface area contributed by atoms with Gasteiger partial charge >= 0.3 is 0 Å². The first-order valence-corrected chi connectivity index (χ1v) is 12.6. The Labute approximate surface area is 214 Å². The summed E-state index contributed by atoms with van der Waals surface area (Å²) in [7, 11) is 1.91. The number of ketones is 1. The average Bonchev–Trinajstić information content (AvgIpc) is 3.24. The monoisotopic (exact) mass is 484 g/mol. The molecule has 1 atom stereocenters. The predicted octanol–water partition coefficient (Wildman–Crippen LogP) is 5.75. The molecule has 36 heavy (non-hydrogen) atoms. The Bertz CT molecular complexity index is 1300. The number of nitrogens with zero attached hydrogens (tertiary/aromatic N) is 4. The number of pyridine rings is 1.